The molecule has 0 amide bonds. The zero-order valence-corrected chi connectivity index (χ0v) is 11.0. The van der Waals surface area contributed by atoms with Crippen molar-refractivity contribution in [1.82, 2.24) is 4.90 Å². The lowest BCUT2D eigenvalue weighted by Crippen LogP contribution is -2.50. The van der Waals surface area contributed by atoms with Gasteiger partial charge in [-0.25, -0.2) is 0 Å². The van der Waals surface area contributed by atoms with Crippen LogP contribution in [0.3, 0.4) is 0 Å². The highest BCUT2D eigenvalue weighted by atomic mass is 19.3. The molecular weight excluding hydrogens is 208 g/mol. The lowest BCUT2D eigenvalue weighted by Gasteiger charge is -2.46. The van der Waals surface area contributed by atoms with Gasteiger partial charge in [-0.3, -0.25) is 4.90 Å². The number of piperidine rings is 1. The molecule has 0 aromatic carbocycles. The quantitative estimate of drug-likeness (QED) is 0.658. The number of nitrogens with zero attached hydrogens (tertiary/aromatic N) is 1. The molecule has 1 rings (SSSR count). The molecule has 3 heteroatoms. The van der Waals surface area contributed by atoms with E-state index in [1.165, 1.54) is 0 Å². The van der Waals surface area contributed by atoms with Crippen LogP contribution in [0.15, 0.2) is 11.7 Å². The van der Waals surface area contributed by atoms with E-state index >= 15 is 0 Å². The van der Waals surface area contributed by atoms with Crippen LogP contribution in [0.1, 0.15) is 47.5 Å². The van der Waals surface area contributed by atoms with E-state index in [-0.39, 0.29) is 5.41 Å². The lowest BCUT2D eigenvalue weighted by molar-refractivity contribution is 0.0548. The summed E-state index contributed by atoms with van der Waals surface area (Å²) >= 11 is 0. The van der Waals surface area contributed by atoms with Crippen molar-refractivity contribution in [1.29, 1.82) is 0 Å². The fourth-order valence-electron chi connectivity index (χ4n) is 2.51. The first-order valence-corrected chi connectivity index (χ1v) is 6.02. The number of halogens is 2. The number of hydrogen-bond acceptors (Lipinski definition) is 1. The maximum absolute atomic E-state index is 12.6. The molecule has 1 heterocycles. The third-order valence-electron chi connectivity index (χ3n) is 3.42. The summed E-state index contributed by atoms with van der Waals surface area (Å²) in [6, 6.07) is 0.717. The molecule has 0 bridgehead atoms. The van der Waals surface area contributed by atoms with Crippen LogP contribution in [-0.4, -0.2) is 23.5 Å². The van der Waals surface area contributed by atoms with Crippen molar-refractivity contribution in [2.45, 2.75) is 59.5 Å². The van der Waals surface area contributed by atoms with Crippen molar-refractivity contribution in [3.8, 4) is 0 Å². The molecule has 0 spiro atoms. The molecule has 94 valence electrons. The van der Waals surface area contributed by atoms with Crippen LogP contribution in [-0.2, 0) is 0 Å². The highest BCUT2D eigenvalue weighted by molar-refractivity contribution is 5.11. The van der Waals surface area contributed by atoms with Gasteiger partial charge in [0.1, 0.15) is 0 Å². The largest absolute Gasteiger partial charge is 0.293 e. The van der Waals surface area contributed by atoms with Crippen molar-refractivity contribution >= 4 is 0 Å². The molecular formula is C13H23F2N. The third kappa shape index (κ3) is 3.03. The Morgan fingerprint density at radius 1 is 1.31 bits per heavy atom. The van der Waals surface area contributed by atoms with Gasteiger partial charge in [0.05, 0.1) is 0 Å². The van der Waals surface area contributed by atoms with Gasteiger partial charge in [-0.05, 0) is 32.1 Å². The van der Waals surface area contributed by atoms with Gasteiger partial charge in [-0.1, -0.05) is 20.8 Å². The van der Waals surface area contributed by atoms with E-state index in [9.17, 15) is 8.78 Å². The summed E-state index contributed by atoms with van der Waals surface area (Å²) in [6.07, 6.45) is -0.0833. The standard InChI is InChI=1S/C13H23F2N/c1-9(2)16-8-10(12(14)15)6-7-11(16)13(3,4)5/h9,11H,6-8H2,1-5H3. The van der Waals surface area contributed by atoms with Gasteiger partial charge in [0.25, 0.3) is 6.08 Å². The molecule has 1 aliphatic rings. The second-order valence-corrected chi connectivity index (χ2v) is 6.05. The second kappa shape index (κ2) is 4.82. The molecule has 1 unspecified atom stereocenters. The molecule has 1 saturated heterocycles. The van der Waals surface area contributed by atoms with Crippen molar-refractivity contribution in [3.05, 3.63) is 11.7 Å². The van der Waals surface area contributed by atoms with E-state index in [2.05, 4.69) is 39.5 Å². The molecule has 0 aromatic heterocycles. The minimum absolute atomic E-state index is 0.155. The van der Waals surface area contributed by atoms with Crippen LogP contribution in [0.5, 0.6) is 0 Å². The Labute approximate surface area is 97.5 Å². The monoisotopic (exact) mass is 231 g/mol. The second-order valence-electron chi connectivity index (χ2n) is 6.05. The van der Waals surface area contributed by atoms with Crippen LogP contribution in [0.2, 0.25) is 0 Å². The van der Waals surface area contributed by atoms with Crippen molar-refractivity contribution in [2.75, 3.05) is 6.54 Å². The highest BCUT2D eigenvalue weighted by Gasteiger charge is 2.35. The Bertz CT molecular complexity index is 272. The van der Waals surface area contributed by atoms with E-state index in [0.717, 1.165) is 6.42 Å². The lowest BCUT2D eigenvalue weighted by atomic mass is 9.79. The van der Waals surface area contributed by atoms with Gasteiger partial charge in [0.15, 0.2) is 0 Å². The van der Waals surface area contributed by atoms with E-state index in [4.69, 9.17) is 0 Å². The summed E-state index contributed by atoms with van der Waals surface area (Å²) in [5.41, 5.74) is 0.483. The molecule has 0 aliphatic carbocycles. The summed E-state index contributed by atoms with van der Waals surface area (Å²) in [5.74, 6) is 0. The molecule has 0 aromatic rings. The van der Waals surface area contributed by atoms with Crippen molar-refractivity contribution in [2.24, 2.45) is 5.41 Å². The predicted octanol–water partition coefficient (Wildman–Crippen LogP) is 4.06. The van der Waals surface area contributed by atoms with Gasteiger partial charge in [0.2, 0.25) is 0 Å². The average molecular weight is 231 g/mol. The maximum Gasteiger partial charge on any atom is 0.270 e. The van der Waals surface area contributed by atoms with Gasteiger partial charge in [-0.15, -0.1) is 0 Å². The zero-order valence-electron chi connectivity index (χ0n) is 11.0. The van der Waals surface area contributed by atoms with E-state index in [1.54, 1.807) is 0 Å². The first-order valence-electron chi connectivity index (χ1n) is 6.02. The van der Waals surface area contributed by atoms with Gasteiger partial charge >= 0.3 is 0 Å². The molecule has 0 N–H and O–H groups in total. The predicted molar refractivity (Wildman–Crippen MR) is 63.6 cm³/mol. The summed E-state index contributed by atoms with van der Waals surface area (Å²) in [5, 5.41) is 0. The average Bonchev–Trinajstić information content (AvgIpc) is 2.15. The van der Waals surface area contributed by atoms with Crippen molar-refractivity contribution < 1.29 is 8.78 Å². The van der Waals surface area contributed by atoms with Gasteiger partial charge in [0, 0.05) is 24.2 Å². The summed E-state index contributed by atoms with van der Waals surface area (Å²) < 4.78 is 25.3. The van der Waals surface area contributed by atoms with Gasteiger partial charge < -0.3 is 0 Å². The molecule has 16 heavy (non-hydrogen) atoms. The third-order valence-corrected chi connectivity index (χ3v) is 3.42. The van der Waals surface area contributed by atoms with Crippen LogP contribution < -0.4 is 0 Å². The fraction of sp³-hybridized carbons (Fsp3) is 0.846. The SMILES string of the molecule is CC(C)N1CC(=C(F)F)CCC1C(C)(C)C. The molecule has 1 nitrogen and oxygen atoms in total. The molecule has 1 fully saturated rings. The number of hydrogen-bond donors (Lipinski definition) is 0. The van der Waals surface area contributed by atoms with Crippen molar-refractivity contribution in [3.63, 3.8) is 0 Å². The van der Waals surface area contributed by atoms with Crippen LogP contribution in [0.25, 0.3) is 0 Å². The topological polar surface area (TPSA) is 3.24 Å². The summed E-state index contributed by atoms with van der Waals surface area (Å²) in [7, 11) is 0. The summed E-state index contributed by atoms with van der Waals surface area (Å²) in [6.45, 7) is 11.2. The number of rotatable bonds is 1. The molecule has 1 aliphatic heterocycles. The number of likely N-dealkylation sites (tertiary alicyclic amines) is 1. The summed E-state index contributed by atoms with van der Waals surface area (Å²) in [4.78, 5) is 2.21. The Balaban J connectivity index is 2.88. The molecule has 1 atom stereocenters. The Kier molecular flexibility index (Phi) is 4.11. The van der Waals surface area contributed by atoms with E-state index < -0.39 is 6.08 Å². The van der Waals surface area contributed by atoms with E-state index in [1.807, 2.05) is 0 Å². The maximum atomic E-state index is 12.6. The van der Waals surface area contributed by atoms with Crippen LogP contribution in [0, 0.1) is 5.41 Å². The normalized spacial score (nSPS) is 24.0. The van der Waals surface area contributed by atoms with Gasteiger partial charge in [-0.2, -0.15) is 8.78 Å². The highest BCUT2D eigenvalue weighted by Crippen LogP contribution is 2.35. The van der Waals surface area contributed by atoms with Crippen LogP contribution >= 0.6 is 0 Å². The van der Waals surface area contributed by atoms with Crippen LogP contribution in [0.4, 0.5) is 8.78 Å². The minimum Gasteiger partial charge on any atom is -0.293 e. The first kappa shape index (κ1) is 13.6. The molecule has 0 radical (unpaired) electrons. The minimum atomic E-state index is -1.47. The Morgan fingerprint density at radius 3 is 2.25 bits per heavy atom. The first-order chi connectivity index (χ1) is 7.23. The fourth-order valence-corrected chi connectivity index (χ4v) is 2.51. The van der Waals surface area contributed by atoms with E-state index in [0.29, 0.717) is 30.6 Å². The Morgan fingerprint density at radius 2 is 1.88 bits per heavy atom. The molecule has 0 saturated carbocycles. The smallest absolute Gasteiger partial charge is 0.270 e. The Hall–Kier alpha value is -0.440. The zero-order chi connectivity index (χ0) is 12.5.